The van der Waals surface area contributed by atoms with Crippen LogP contribution in [0, 0.1) is 11.8 Å². The molecule has 1 aliphatic carbocycles. The number of hydrogen-bond acceptors (Lipinski definition) is 3. The Bertz CT molecular complexity index is 417. The molecule has 0 amide bonds. The van der Waals surface area contributed by atoms with Gasteiger partial charge in [0.05, 0.1) is 16.4 Å². The molecular formula is C13H22BrClN4. The van der Waals surface area contributed by atoms with Gasteiger partial charge in [-0.05, 0) is 40.6 Å². The molecule has 2 N–H and O–H groups in total. The lowest BCUT2D eigenvalue weighted by atomic mass is 9.78. The fraction of sp³-hybridized carbons (Fsp3) is 0.769. The zero-order valence-electron chi connectivity index (χ0n) is 11.3. The zero-order valence-corrected chi connectivity index (χ0v) is 13.7. The topological polar surface area (TPSA) is 47.1 Å². The van der Waals surface area contributed by atoms with Gasteiger partial charge in [0, 0.05) is 32.7 Å². The number of nitrogens with two attached hydrogens (primary N) is 1. The Labute approximate surface area is 129 Å². The Hall–Kier alpha value is -0.100. The number of hydrogen-bond donors (Lipinski definition) is 1. The summed E-state index contributed by atoms with van der Waals surface area (Å²) in [5.41, 5.74) is 7.53. The van der Waals surface area contributed by atoms with Gasteiger partial charge in [0.25, 0.3) is 0 Å². The van der Waals surface area contributed by atoms with E-state index < -0.39 is 0 Å². The van der Waals surface area contributed by atoms with E-state index >= 15 is 0 Å². The van der Waals surface area contributed by atoms with Crippen LogP contribution in [0.15, 0.2) is 10.7 Å². The largest absolute Gasteiger partial charge is 0.327 e. The number of aromatic nitrogens is 2. The van der Waals surface area contributed by atoms with E-state index in [1.165, 1.54) is 31.5 Å². The number of halogens is 2. The van der Waals surface area contributed by atoms with Gasteiger partial charge in [-0.3, -0.25) is 9.58 Å². The van der Waals surface area contributed by atoms with Crippen molar-refractivity contribution in [1.29, 1.82) is 0 Å². The molecule has 2 aliphatic rings. The normalized spacial score (nSPS) is 31.0. The molecule has 1 saturated carbocycles. The van der Waals surface area contributed by atoms with Crippen LogP contribution in [0.1, 0.15) is 25.0 Å². The van der Waals surface area contributed by atoms with E-state index in [1.54, 1.807) is 0 Å². The van der Waals surface area contributed by atoms with Crippen molar-refractivity contribution in [3.8, 4) is 0 Å². The van der Waals surface area contributed by atoms with E-state index in [4.69, 9.17) is 5.73 Å². The zero-order chi connectivity index (χ0) is 12.7. The summed E-state index contributed by atoms with van der Waals surface area (Å²) in [5.74, 6) is 1.53. The minimum atomic E-state index is 0. The molecule has 0 radical (unpaired) electrons. The van der Waals surface area contributed by atoms with Crippen molar-refractivity contribution in [2.45, 2.75) is 31.8 Å². The van der Waals surface area contributed by atoms with Crippen LogP contribution in [-0.2, 0) is 13.6 Å². The first-order valence-electron chi connectivity index (χ1n) is 6.79. The number of fused-ring (bicyclic) bond motifs is 1. The fourth-order valence-corrected chi connectivity index (χ4v) is 4.04. The van der Waals surface area contributed by atoms with Gasteiger partial charge in [0.15, 0.2) is 0 Å². The van der Waals surface area contributed by atoms with Crippen molar-refractivity contribution < 1.29 is 0 Å². The first-order chi connectivity index (χ1) is 8.65. The Morgan fingerprint density at radius 2 is 2.21 bits per heavy atom. The Kier molecular flexibility index (Phi) is 4.93. The summed E-state index contributed by atoms with van der Waals surface area (Å²) < 4.78 is 3.08. The molecule has 0 spiro atoms. The summed E-state index contributed by atoms with van der Waals surface area (Å²) in [4.78, 5) is 2.54. The van der Waals surface area contributed by atoms with Gasteiger partial charge in [-0.15, -0.1) is 12.4 Å². The first-order valence-corrected chi connectivity index (χ1v) is 7.58. The third-order valence-corrected chi connectivity index (χ3v) is 5.28. The summed E-state index contributed by atoms with van der Waals surface area (Å²) in [6, 6.07) is 0.420. The summed E-state index contributed by atoms with van der Waals surface area (Å²) in [6.45, 7) is 3.34. The SMILES string of the molecule is Cl.Cn1ncc(Br)c1CN1CC2CCCC(N)C2C1. The van der Waals surface area contributed by atoms with E-state index in [0.717, 1.165) is 23.5 Å². The predicted molar refractivity (Wildman–Crippen MR) is 82.2 cm³/mol. The monoisotopic (exact) mass is 348 g/mol. The third kappa shape index (κ3) is 2.99. The second kappa shape index (κ2) is 6.12. The summed E-state index contributed by atoms with van der Waals surface area (Å²) in [7, 11) is 2.01. The average Bonchev–Trinajstić information content (AvgIpc) is 2.89. The van der Waals surface area contributed by atoms with Crippen molar-refractivity contribution in [2.75, 3.05) is 13.1 Å². The van der Waals surface area contributed by atoms with E-state index in [-0.39, 0.29) is 12.4 Å². The standard InChI is InChI=1S/C13H21BrN4.ClH/c1-17-13(11(14)5-16-17)8-18-6-9-3-2-4-12(15)10(9)7-18;/h5,9-10,12H,2-4,6-8,15H2,1H3;1H. The molecule has 2 fully saturated rings. The average molecular weight is 350 g/mol. The van der Waals surface area contributed by atoms with Crippen molar-refractivity contribution in [3.05, 3.63) is 16.4 Å². The molecule has 108 valence electrons. The predicted octanol–water partition coefficient (Wildman–Crippen LogP) is 2.16. The molecule has 3 unspecified atom stereocenters. The van der Waals surface area contributed by atoms with Gasteiger partial charge < -0.3 is 5.73 Å². The molecule has 1 aliphatic heterocycles. The molecule has 6 heteroatoms. The summed E-state index contributed by atoms with van der Waals surface area (Å²) >= 11 is 3.58. The summed E-state index contributed by atoms with van der Waals surface area (Å²) in [5, 5.41) is 4.28. The molecule has 1 aromatic rings. The highest BCUT2D eigenvalue weighted by Gasteiger charge is 2.38. The fourth-order valence-electron chi connectivity index (χ4n) is 3.56. The van der Waals surface area contributed by atoms with Gasteiger partial charge in [-0.2, -0.15) is 5.10 Å². The maximum Gasteiger partial charge on any atom is 0.0663 e. The van der Waals surface area contributed by atoms with Gasteiger partial charge in [-0.1, -0.05) is 6.42 Å². The molecule has 3 atom stereocenters. The highest BCUT2D eigenvalue weighted by atomic mass is 79.9. The third-order valence-electron chi connectivity index (χ3n) is 4.61. The van der Waals surface area contributed by atoms with Crippen LogP contribution in [-0.4, -0.2) is 33.8 Å². The van der Waals surface area contributed by atoms with E-state index in [9.17, 15) is 0 Å². The Morgan fingerprint density at radius 1 is 1.42 bits per heavy atom. The molecule has 3 rings (SSSR count). The van der Waals surface area contributed by atoms with Gasteiger partial charge in [0.2, 0.25) is 0 Å². The van der Waals surface area contributed by atoms with Crippen LogP contribution in [0.3, 0.4) is 0 Å². The van der Waals surface area contributed by atoms with Crippen molar-refractivity contribution >= 4 is 28.3 Å². The highest BCUT2D eigenvalue weighted by molar-refractivity contribution is 9.10. The van der Waals surface area contributed by atoms with Crippen LogP contribution in [0.4, 0.5) is 0 Å². The minimum absolute atomic E-state index is 0. The second-order valence-corrected chi connectivity index (χ2v) is 6.63. The molecular weight excluding hydrogens is 328 g/mol. The molecule has 2 heterocycles. The maximum atomic E-state index is 6.26. The Morgan fingerprint density at radius 3 is 2.84 bits per heavy atom. The van der Waals surface area contributed by atoms with Crippen LogP contribution in [0.5, 0.6) is 0 Å². The van der Waals surface area contributed by atoms with Crippen molar-refractivity contribution in [2.24, 2.45) is 24.6 Å². The molecule has 0 bridgehead atoms. The van der Waals surface area contributed by atoms with Crippen molar-refractivity contribution in [1.82, 2.24) is 14.7 Å². The number of rotatable bonds is 2. The van der Waals surface area contributed by atoms with Gasteiger partial charge in [0.1, 0.15) is 0 Å². The van der Waals surface area contributed by atoms with E-state index in [0.29, 0.717) is 12.0 Å². The number of likely N-dealkylation sites (tertiary alicyclic amines) is 1. The molecule has 19 heavy (non-hydrogen) atoms. The van der Waals surface area contributed by atoms with Crippen LogP contribution in [0.2, 0.25) is 0 Å². The van der Waals surface area contributed by atoms with Crippen LogP contribution in [0.25, 0.3) is 0 Å². The quantitative estimate of drug-likeness (QED) is 0.890. The van der Waals surface area contributed by atoms with Crippen LogP contribution < -0.4 is 5.73 Å². The molecule has 4 nitrogen and oxygen atoms in total. The molecule has 1 saturated heterocycles. The van der Waals surface area contributed by atoms with E-state index in [2.05, 4.69) is 25.9 Å². The lowest BCUT2D eigenvalue weighted by molar-refractivity contribution is 0.259. The van der Waals surface area contributed by atoms with Gasteiger partial charge in [-0.25, -0.2) is 0 Å². The highest BCUT2D eigenvalue weighted by Crippen LogP contribution is 2.36. The van der Waals surface area contributed by atoms with Gasteiger partial charge >= 0.3 is 0 Å². The second-order valence-electron chi connectivity index (χ2n) is 5.78. The Balaban J connectivity index is 0.00000133. The molecule has 1 aromatic heterocycles. The summed E-state index contributed by atoms with van der Waals surface area (Å²) in [6.07, 6.45) is 5.77. The maximum absolute atomic E-state index is 6.26. The van der Waals surface area contributed by atoms with Crippen LogP contribution >= 0.6 is 28.3 Å². The smallest absolute Gasteiger partial charge is 0.0663 e. The van der Waals surface area contributed by atoms with E-state index in [1.807, 2.05) is 17.9 Å². The minimum Gasteiger partial charge on any atom is -0.327 e. The lowest BCUT2D eigenvalue weighted by Crippen LogP contribution is -2.38. The number of nitrogens with zero attached hydrogens (tertiary/aromatic N) is 3. The molecule has 0 aromatic carbocycles. The number of aryl methyl sites for hydroxylation is 1. The van der Waals surface area contributed by atoms with Crippen molar-refractivity contribution in [3.63, 3.8) is 0 Å². The first kappa shape index (κ1) is 15.3. The lowest BCUT2D eigenvalue weighted by Gasteiger charge is -2.29.